The largest absolute Gasteiger partial charge is 0.370 e. The van der Waals surface area contributed by atoms with Gasteiger partial charge in [-0.15, -0.1) is 0 Å². The number of hydrogen-bond donors (Lipinski definition) is 2. The van der Waals surface area contributed by atoms with Gasteiger partial charge in [0, 0.05) is 18.5 Å². The molecule has 1 rings (SSSR count). The molecule has 0 saturated heterocycles. The third-order valence-corrected chi connectivity index (χ3v) is 2.60. The van der Waals surface area contributed by atoms with Gasteiger partial charge in [0.2, 0.25) is 0 Å². The Morgan fingerprint density at radius 1 is 1.47 bits per heavy atom. The minimum absolute atomic E-state index is 0.350. The highest BCUT2D eigenvalue weighted by Crippen LogP contribution is 2.03. The molecule has 5 heteroatoms. The van der Waals surface area contributed by atoms with Crippen molar-refractivity contribution in [3.8, 4) is 0 Å². The number of aryl methyl sites for hydroxylation is 1. The maximum atomic E-state index is 10.3. The van der Waals surface area contributed by atoms with E-state index in [-0.39, 0.29) is 0 Å². The van der Waals surface area contributed by atoms with E-state index in [1.807, 2.05) is 25.3 Å². The van der Waals surface area contributed by atoms with Crippen molar-refractivity contribution in [3.05, 3.63) is 23.9 Å². The van der Waals surface area contributed by atoms with Gasteiger partial charge in [-0.2, -0.15) is 0 Å². The van der Waals surface area contributed by atoms with Crippen LogP contribution in [0.3, 0.4) is 0 Å². The predicted molar refractivity (Wildman–Crippen MR) is 62.3 cm³/mol. The first-order chi connectivity index (χ1) is 7.18. The summed E-state index contributed by atoms with van der Waals surface area (Å²) in [7, 11) is 0. The molecule has 0 aliphatic carbocycles. The highest BCUT2D eigenvalue weighted by molar-refractivity contribution is 7.79. The second-order valence-corrected chi connectivity index (χ2v) is 4.43. The van der Waals surface area contributed by atoms with Gasteiger partial charge in [-0.25, -0.2) is 9.19 Å². The Morgan fingerprint density at radius 2 is 2.27 bits per heavy atom. The lowest BCUT2D eigenvalue weighted by Gasteiger charge is -2.04. The molecule has 2 N–H and O–H groups in total. The minimum Gasteiger partial charge on any atom is -0.370 e. The fourth-order valence-corrected chi connectivity index (χ4v) is 1.59. The average molecular weight is 228 g/mol. The van der Waals surface area contributed by atoms with Crippen LogP contribution in [-0.4, -0.2) is 26.0 Å². The van der Waals surface area contributed by atoms with Gasteiger partial charge in [-0.3, -0.25) is 0 Å². The monoisotopic (exact) mass is 228 g/mol. The van der Waals surface area contributed by atoms with Gasteiger partial charge in [0.05, 0.1) is 0 Å². The summed E-state index contributed by atoms with van der Waals surface area (Å²) in [6.45, 7) is 2.78. The van der Waals surface area contributed by atoms with E-state index in [2.05, 4.69) is 10.3 Å². The van der Waals surface area contributed by atoms with Gasteiger partial charge < -0.3 is 9.87 Å². The van der Waals surface area contributed by atoms with E-state index in [0.29, 0.717) is 5.75 Å². The Balaban J connectivity index is 2.15. The molecule has 0 aromatic carbocycles. The number of unbranched alkanes of at least 4 members (excludes halogenated alkanes) is 1. The molecule has 0 aliphatic heterocycles. The molecule has 0 fully saturated rings. The van der Waals surface area contributed by atoms with Crippen molar-refractivity contribution in [2.75, 3.05) is 17.6 Å². The third-order valence-electron chi connectivity index (χ3n) is 1.96. The van der Waals surface area contributed by atoms with Crippen molar-refractivity contribution in [2.45, 2.75) is 19.8 Å². The van der Waals surface area contributed by atoms with Crippen LogP contribution in [0.1, 0.15) is 18.4 Å². The number of anilines is 1. The summed E-state index contributed by atoms with van der Waals surface area (Å²) >= 11 is -1.66. The topological polar surface area (TPSA) is 62.2 Å². The molecule has 4 nitrogen and oxygen atoms in total. The van der Waals surface area contributed by atoms with Crippen LogP contribution in [0, 0.1) is 6.92 Å². The zero-order valence-electron chi connectivity index (χ0n) is 8.77. The van der Waals surface area contributed by atoms with Crippen LogP contribution in [0.25, 0.3) is 0 Å². The molecule has 0 bridgehead atoms. The summed E-state index contributed by atoms with van der Waals surface area (Å²) in [5, 5.41) is 3.15. The number of pyridine rings is 1. The lowest BCUT2D eigenvalue weighted by molar-refractivity contribution is 0.560. The van der Waals surface area contributed by atoms with Crippen LogP contribution < -0.4 is 5.32 Å². The van der Waals surface area contributed by atoms with Crippen molar-refractivity contribution in [1.29, 1.82) is 0 Å². The van der Waals surface area contributed by atoms with Gasteiger partial charge in [-0.05, 0) is 31.4 Å². The zero-order chi connectivity index (χ0) is 11.1. The zero-order valence-corrected chi connectivity index (χ0v) is 9.59. The molecular weight excluding hydrogens is 212 g/mol. The van der Waals surface area contributed by atoms with Crippen molar-refractivity contribution in [1.82, 2.24) is 4.98 Å². The van der Waals surface area contributed by atoms with E-state index in [1.54, 1.807) is 0 Å². The first-order valence-corrected chi connectivity index (χ1v) is 6.20. The van der Waals surface area contributed by atoms with E-state index in [1.165, 1.54) is 0 Å². The number of hydrogen-bond acceptors (Lipinski definition) is 3. The smallest absolute Gasteiger partial charge is 0.152 e. The van der Waals surface area contributed by atoms with Crippen molar-refractivity contribution in [2.24, 2.45) is 0 Å². The Morgan fingerprint density at radius 3 is 2.87 bits per heavy atom. The fourth-order valence-electron chi connectivity index (χ4n) is 1.14. The SMILES string of the molecule is Cc1ccc(NCCCCS(=O)O)nc1. The molecule has 84 valence electrons. The second kappa shape index (κ2) is 6.53. The summed E-state index contributed by atoms with van der Waals surface area (Å²) in [4.78, 5) is 4.19. The average Bonchev–Trinajstić information content (AvgIpc) is 2.20. The van der Waals surface area contributed by atoms with Crippen molar-refractivity contribution >= 4 is 16.9 Å². The Labute approximate surface area is 92.4 Å². The Kier molecular flexibility index (Phi) is 5.28. The van der Waals surface area contributed by atoms with Gasteiger partial charge >= 0.3 is 0 Å². The molecule has 15 heavy (non-hydrogen) atoms. The van der Waals surface area contributed by atoms with Crippen molar-refractivity contribution < 1.29 is 8.76 Å². The van der Waals surface area contributed by atoms with E-state index in [4.69, 9.17) is 4.55 Å². The second-order valence-electron chi connectivity index (χ2n) is 3.38. The molecule has 1 aromatic heterocycles. The Bertz CT molecular complexity index is 314. The van der Waals surface area contributed by atoms with Gasteiger partial charge in [0.1, 0.15) is 5.82 Å². The lowest BCUT2D eigenvalue weighted by Crippen LogP contribution is -2.05. The maximum Gasteiger partial charge on any atom is 0.152 e. The third kappa shape index (κ3) is 5.49. The summed E-state index contributed by atoms with van der Waals surface area (Å²) in [5.74, 6) is 1.20. The van der Waals surface area contributed by atoms with Crippen LogP contribution in [0.4, 0.5) is 5.82 Å². The Hall–Kier alpha value is -0.940. The van der Waals surface area contributed by atoms with Crippen LogP contribution in [0.15, 0.2) is 18.3 Å². The van der Waals surface area contributed by atoms with Gasteiger partial charge in [0.15, 0.2) is 11.1 Å². The predicted octanol–water partition coefficient (Wildman–Crippen LogP) is 1.80. The maximum absolute atomic E-state index is 10.3. The molecular formula is C10H16N2O2S. The summed E-state index contributed by atoms with van der Waals surface area (Å²) in [6.07, 6.45) is 3.44. The number of nitrogens with one attached hydrogen (secondary N) is 1. The van der Waals surface area contributed by atoms with Crippen molar-refractivity contribution in [3.63, 3.8) is 0 Å². The quantitative estimate of drug-likeness (QED) is 0.575. The van der Waals surface area contributed by atoms with E-state index >= 15 is 0 Å². The number of rotatable bonds is 6. The summed E-state index contributed by atoms with van der Waals surface area (Å²) in [5.41, 5.74) is 1.14. The fraction of sp³-hybridized carbons (Fsp3) is 0.500. The molecule has 0 aliphatic rings. The first kappa shape index (κ1) is 12.1. The summed E-state index contributed by atoms with van der Waals surface area (Å²) < 4.78 is 18.9. The van der Waals surface area contributed by atoms with E-state index in [0.717, 1.165) is 30.8 Å². The molecule has 0 saturated carbocycles. The van der Waals surface area contributed by atoms with E-state index in [9.17, 15) is 4.21 Å². The molecule has 1 unspecified atom stereocenters. The molecule has 0 radical (unpaired) electrons. The summed E-state index contributed by atoms with van der Waals surface area (Å²) in [6, 6.07) is 3.93. The number of nitrogens with zero attached hydrogens (tertiary/aromatic N) is 1. The highest BCUT2D eigenvalue weighted by Gasteiger charge is 1.95. The standard InChI is InChI=1S/C10H16N2O2S/c1-9-4-5-10(12-8-9)11-6-2-3-7-15(13)14/h4-5,8H,2-3,6-7H2,1H3,(H,11,12)(H,13,14). The normalized spacial score (nSPS) is 12.4. The molecule has 0 amide bonds. The van der Waals surface area contributed by atoms with Crippen LogP contribution in [-0.2, 0) is 11.1 Å². The van der Waals surface area contributed by atoms with E-state index < -0.39 is 11.1 Å². The van der Waals surface area contributed by atoms with Crippen LogP contribution in [0.5, 0.6) is 0 Å². The molecule has 1 aromatic rings. The molecule has 0 spiro atoms. The molecule has 1 heterocycles. The minimum atomic E-state index is -1.66. The lowest BCUT2D eigenvalue weighted by atomic mass is 10.3. The van der Waals surface area contributed by atoms with Gasteiger partial charge in [0.25, 0.3) is 0 Å². The van der Waals surface area contributed by atoms with Crippen LogP contribution in [0.2, 0.25) is 0 Å². The highest BCUT2D eigenvalue weighted by atomic mass is 32.2. The van der Waals surface area contributed by atoms with Gasteiger partial charge in [-0.1, -0.05) is 6.07 Å². The molecule has 1 atom stereocenters. The van der Waals surface area contributed by atoms with Crippen LogP contribution >= 0.6 is 0 Å². The number of aromatic nitrogens is 1. The first-order valence-electron chi connectivity index (χ1n) is 4.92.